The summed E-state index contributed by atoms with van der Waals surface area (Å²) >= 11 is 0. The lowest BCUT2D eigenvalue weighted by Crippen LogP contribution is -1.73. The maximum atomic E-state index is 7.52. The van der Waals surface area contributed by atoms with Crippen molar-refractivity contribution >= 4 is 0 Å². The standard InChI is InChI=1S/C8H18/c1-3-5-7-8-6-4-2/h3-8H2,1-2H3/i1D,3D,5D,7D. The van der Waals surface area contributed by atoms with Crippen molar-refractivity contribution in [1.82, 2.24) is 0 Å². The summed E-state index contributed by atoms with van der Waals surface area (Å²) in [7, 11) is 0. The first-order valence-electron chi connectivity index (χ1n) is 5.63. The monoisotopic (exact) mass is 118 g/mol. The van der Waals surface area contributed by atoms with Crippen LogP contribution in [0.1, 0.15) is 57.8 Å². The van der Waals surface area contributed by atoms with Crippen molar-refractivity contribution < 1.29 is 5.48 Å². The molecule has 0 saturated heterocycles. The summed E-state index contributed by atoms with van der Waals surface area (Å²) in [6, 6.07) is 0. The van der Waals surface area contributed by atoms with Crippen LogP contribution in [0.2, 0.25) is 0 Å². The number of unbranched alkanes of at least 4 members (excludes halogenated alkanes) is 1. The minimum atomic E-state index is -0.704. The summed E-state index contributed by atoms with van der Waals surface area (Å²) in [6.07, 6.45) is 0.802. The Morgan fingerprint density at radius 3 is 2.88 bits per heavy atom. The number of hydrogen-bond acceptors (Lipinski definition) is 0. The molecule has 0 aliphatic carbocycles. The maximum Gasteiger partial charge on any atom is 0.0267 e. The third kappa shape index (κ3) is 6.00. The van der Waals surface area contributed by atoms with Crippen LogP contribution in [0.3, 0.4) is 0 Å². The van der Waals surface area contributed by atoms with Gasteiger partial charge < -0.3 is 0 Å². The number of rotatable bonds is 5. The maximum absolute atomic E-state index is 7.52. The Hall–Kier alpha value is 0. The van der Waals surface area contributed by atoms with E-state index in [1.165, 1.54) is 0 Å². The van der Waals surface area contributed by atoms with E-state index in [4.69, 9.17) is 5.48 Å². The predicted molar refractivity (Wildman–Crippen MR) is 39.1 cm³/mol. The fourth-order valence-electron chi connectivity index (χ4n) is 0.514. The zero-order chi connectivity index (χ0) is 9.56. The summed E-state index contributed by atoms with van der Waals surface area (Å²) in [6.45, 7) is 1.99. The van der Waals surface area contributed by atoms with Crippen LogP contribution in [0.25, 0.3) is 0 Å². The van der Waals surface area contributed by atoms with E-state index in [1.807, 2.05) is 6.92 Å². The van der Waals surface area contributed by atoms with Crippen molar-refractivity contribution in [2.24, 2.45) is 0 Å². The highest BCUT2D eigenvalue weighted by molar-refractivity contribution is 4.39. The highest BCUT2D eigenvalue weighted by Crippen LogP contribution is 2.03. The Labute approximate surface area is 58.9 Å². The lowest BCUT2D eigenvalue weighted by molar-refractivity contribution is 0.624. The third-order valence-corrected chi connectivity index (χ3v) is 0.997. The smallest absolute Gasteiger partial charge is 0.0267 e. The second-order valence-corrected chi connectivity index (χ2v) is 1.81. The van der Waals surface area contributed by atoms with Gasteiger partial charge in [0.2, 0.25) is 0 Å². The molecule has 0 aromatic carbocycles. The molecule has 0 aromatic rings. The molecule has 0 saturated carbocycles. The molecule has 50 valence electrons. The van der Waals surface area contributed by atoms with Crippen LogP contribution in [-0.2, 0) is 0 Å². The molecule has 0 fully saturated rings. The van der Waals surface area contributed by atoms with Crippen molar-refractivity contribution in [2.75, 3.05) is 0 Å². The van der Waals surface area contributed by atoms with Crippen molar-refractivity contribution in [1.29, 1.82) is 0 Å². The van der Waals surface area contributed by atoms with Gasteiger partial charge in [0, 0.05) is 5.48 Å². The molecular weight excluding hydrogens is 96.1 g/mol. The highest BCUT2D eigenvalue weighted by Gasteiger charge is 1.83. The molecular formula is C8H18. The summed E-state index contributed by atoms with van der Waals surface area (Å²) < 4.78 is 29.2. The van der Waals surface area contributed by atoms with Gasteiger partial charge in [-0.3, -0.25) is 0 Å². The van der Waals surface area contributed by atoms with Crippen molar-refractivity contribution in [3.63, 3.8) is 0 Å². The molecule has 0 N–H and O–H groups in total. The van der Waals surface area contributed by atoms with Gasteiger partial charge in [-0.05, 0) is 0 Å². The molecule has 0 nitrogen and oxygen atoms in total. The van der Waals surface area contributed by atoms with Crippen molar-refractivity contribution in [3.05, 3.63) is 0 Å². The van der Waals surface area contributed by atoms with Crippen LogP contribution in [0.5, 0.6) is 0 Å². The Kier molecular flexibility index (Phi) is 2.83. The van der Waals surface area contributed by atoms with E-state index in [0.29, 0.717) is 6.42 Å². The predicted octanol–water partition coefficient (Wildman–Crippen LogP) is 3.37. The SMILES string of the molecule is [2H]CC([2H])C([2H])C([2H])CCCC. The Morgan fingerprint density at radius 1 is 1.38 bits per heavy atom. The van der Waals surface area contributed by atoms with Gasteiger partial charge >= 0.3 is 0 Å². The molecule has 0 aliphatic heterocycles. The van der Waals surface area contributed by atoms with Crippen LogP contribution in [0.15, 0.2) is 0 Å². The second-order valence-electron chi connectivity index (χ2n) is 1.81. The largest absolute Gasteiger partial charge is 0.0654 e. The van der Waals surface area contributed by atoms with Crippen LogP contribution < -0.4 is 0 Å². The van der Waals surface area contributed by atoms with E-state index in [9.17, 15) is 0 Å². The first-order chi connectivity index (χ1) is 5.63. The zero-order valence-corrected chi connectivity index (χ0v) is 5.56. The quantitative estimate of drug-likeness (QED) is 0.519. The van der Waals surface area contributed by atoms with Crippen LogP contribution >= 0.6 is 0 Å². The van der Waals surface area contributed by atoms with E-state index in [0.717, 1.165) is 12.8 Å². The average molecular weight is 118 g/mol. The average Bonchev–Trinajstić information content (AvgIpc) is 2.11. The molecule has 0 bridgehead atoms. The minimum absolute atomic E-state index is 0.0598. The first kappa shape index (κ1) is 3.24. The molecule has 0 aliphatic rings. The van der Waals surface area contributed by atoms with Crippen molar-refractivity contribution in [3.8, 4) is 0 Å². The van der Waals surface area contributed by atoms with E-state index in [2.05, 4.69) is 0 Å². The van der Waals surface area contributed by atoms with E-state index in [1.54, 1.807) is 0 Å². The van der Waals surface area contributed by atoms with E-state index >= 15 is 0 Å². The van der Waals surface area contributed by atoms with Crippen molar-refractivity contribution in [2.45, 2.75) is 52.3 Å². The normalized spacial score (nSPS) is 28.6. The Balaban J connectivity index is 3.67. The Morgan fingerprint density at radius 2 is 2.25 bits per heavy atom. The van der Waals surface area contributed by atoms with E-state index < -0.39 is 19.2 Å². The minimum Gasteiger partial charge on any atom is -0.0654 e. The van der Waals surface area contributed by atoms with Gasteiger partial charge in [-0.2, -0.15) is 0 Å². The molecule has 0 heteroatoms. The summed E-state index contributed by atoms with van der Waals surface area (Å²) in [5, 5.41) is 0. The lowest BCUT2D eigenvalue weighted by atomic mass is 10.1. The van der Waals surface area contributed by atoms with Gasteiger partial charge in [-0.15, -0.1) is 0 Å². The van der Waals surface area contributed by atoms with Gasteiger partial charge in [0.1, 0.15) is 0 Å². The van der Waals surface area contributed by atoms with Crippen LogP contribution in [-0.4, -0.2) is 0 Å². The molecule has 0 heterocycles. The zero-order valence-electron chi connectivity index (χ0n) is 9.56. The molecule has 0 spiro atoms. The highest BCUT2D eigenvalue weighted by atomic mass is 13.9. The van der Waals surface area contributed by atoms with Gasteiger partial charge in [-0.1, -0.05) is 52.3 Å². The summed E-state index contributed by atoms with van der Waals surface area (Å²) in [5.41, 5.74) is 0. The summed E-state index contributed by atoms with van der Waals surface area (Å²) in [4.78, 5) is 0. The number of hydrogen-bond donors (Lipinski definition) is 0. The molecule has 0 radical (unpaired) electrons. The third-order valence-electron chi connectivity index (χ3n) is 0.997. The fourth-order valence-corrected chi connectivity index (χ4v) is 0.514. The molecule has 3 atom stereocenters. The second kappa shape index (κ2) is 7.00. The van der Waals surface area contributed by atoms with Gasteiger partial charge in [-0.25, -0.2) is 0 Å². The first-order valence-corrected chi connectivity index (χ1v) is 3.19. The Bertz CT molecular complexity index is 107. The van der Waals surface area contributed by atoms with Gasteiger partial charge in [0.05, 0.1) is 0 Å². The fraction of sp³-hybridized carbons (Fsp3) is 1.00. The molecule has 0 amide bonds. The molecule has 0 rings (SSSR count). The van der Waals surface area contributed by atoms with Gasteiger partial charge in [0.25, 0.3) is 0 Å². The topological polar surface area (TPSA) is 0 Å². The van der Waals surface area contributed by atoms with E-state index in [-0.39, 0.29) is 6.90 Å². The molecule has 0 aromatic heterocycles. The lowest BCUT2D eigenvalue weighted by Gasteiger charge is -1.93. The van der Waals surface area contributed by atoms with Gasteiger partial charge in [0.15, 0.2) is 0 Å². The van der Waals surface area contributed by atoms with Crippen LogP contribution in [0.4, 0.5) is 0 Å². The summed E-state index contributed by atoms with van der Waals surface area (Å²) in [5.74, 6) is 0. The molecule has 3 unspecified atom stereocenters. The van der Waals surface area contributed by atoms with Crippen LogP contribution in [0, 0.1) is 0 Å². The molecule has 8 heavy (non-hydrogen) atoms.